The molecule has 0 radical (unpaired) electrons. The van der Waals surface area contributed by atoms with Crippen molar-refractivity contribution in [2.75, 3.05) is 27.3 Å². The van der Waals surface area contributed by atoms with E-state index in [9.17, 15) is 9.59 Å². The molecule has 0 aromatic heterocycles. The van der Waals surface area contributed by atoms with Crippen molar-refractivity contribution < 1.29 is 24.0 Å². The Labute approximate surface area is 169 Å². The summed E-state index contributed by atoms with van der Waals surface area (Å²) in [4.78, 5) is 25.0. The number of rotatable bonds is 8. The average molecular weight is 407 g/mol. The van der Waals surface area contributed by atoms with Gasteiger partial charge in [0.05, 0.1) is 20.8 Å². The highest BCUT2D eigenvalue weighted by atomic mass is 35.5. The van der Waals surface area contributed by atoms with E-state index in [-0.39, 0.29) is 12.5 Å². The lowest BCUT2D eigenvalue weighted by Crippen LogP contribution is -3.09. The van der Waals surface area contributed by atoms with Crippen LogP contribution < -0.4 is 25.2 Å². The number of hydrogen-bond donors (Lipinski definition) is 3. The third-order valence-corrected chi connectivity index (χ3v) is 4.17. The second-order valence-corrected chi connectivity index (χ2v) is 6.67. The minimum atomic E-state index is -0.404. The van der Waals surface area contributed by atoms with E-state index in [4.69, 9.17) is 21.1 Å². The van der Waals surface area contributed by atoms with E-state index in [1.807, 2.05) is 32.2 Å². The maximum absolute atomic E-state index is 12.1. The average Bonchev–Trinajstić information content (AvgIpc) is 2.68. The standard InChI is InChI=1S/C20H24ClN3O4/c1-4-28-17-10-5-14(11-18(17)27-3)12-24(2)13-19(25)22-23-20(26)15-6-8-16(21)9-7-15/h5-11H,4,12-13H2,1-3H3,(H,22,25)(H,23,26)/p+1. The van der Waals surface area contributed by atoms with E-state index < -0.39 is 5.91 Å². The Kier molecular flexibility index (Phi) is 8.10. The molecular formula is C20H25ClN3O4+. The molecule has 2 amide bonds. The summed E-state index contributed by atoms with van der Waals surface area (Å²) in [6, 6.07) is 12.1. The fourth-order valence-corrected chi connectivity index (χ4v) is 2.75. The number of nitrogens with one attached hydrogen (secondary N) is 3. The molecule has 1 unspecified atom stereocenters. The lowest BCUT2D eigenvalue weighted by molar-refractivity contribution is -0.885. The highest BCUT2D eigenvalue weighted by molar-refractivity contribution is 6.30. The summed E-state index contributed by atoms with van der Waals surface area (Å²) in [5.74, 6) is 0.650. The highest BCUT2D eigenvalue weighted by Gasteiger charge is 2.14. The molecule has 0 spiro atoms. The largest absolute Gasteiger partial charge is 0.493 e. The van der Waals surface area contributed by atoms with E-state index in [1.54, 1.807) is 31.4 Å². The maximum Gasteiger partial charge on any atom is 0.293 e. The Morgan fingerprint density at radius 2 is 1.79 bits per heavy atom. The van der Waals surface area contributed by atoms with Crippen molar-refractivity contribution in [3.63, 3.8) is 0 Å². The van der Waals surface area contributed by atoms with Gasteiger partial charge in [-0.15, -0.1) is 0 Å². The van der Waals surface area contributed by atoms with Gasteiger partial charge in [-0.05, 0) is 49.4 Å². The number of hydrogen-bond acceptors (Lipinski definition) is 4. The number of amides is 2. The Hall–Kier alpha value is -2.77. The van der Waals surface area contributed by atoms with Gasteiger partial charge in [0, 0.05) is 16.1 Å². The van der Waals surface area contributed by atoms with Crippen LogP contribution >= 0.6 is 11.6 Å². The molecule has 3 N–H and O–H groups in total. The fourth-order valence-electron chi connectivity index (χ4n) is 2.63. The lowest BCUT2D eigenvalue weighted by atomic mass is 10.2. The predicted molar refractivity (Wildman–Crippen MR) is 107 cm³/mol. The number of likely N-dealkylation sites (N-methyl/N-ethyl adjacent to an activating group) is 1. The van der Waals surface area contributed by atoms with Crippen molar-refractivity contribution in [1.82, 2.24) is 10.9 Å². The molecular weight excluding hydrogens is 382 g/mol. The van der Waals surface area contributed by atoms with Crippen molar-refractivity contribution >= 4 is 23.4 Å². The number of carbonyl (C=O) groups excluding carboxylic acids is 2. The van der Waals surface area contributed by atoms with Crippen LogP contribution in [0.2, 0.25) is 5.02 Å². The molecule has 150 valence electrons. The summed E-state index contributed by atoms with van der Waals surface area (Å²) in [6.45, 7) is 3.27. The van der Waals surface area contributed by atoms with Gasteiger partial charge in [-0.25, -0.2) is 0 Å². The van der Waals surface area contributed by atoms with Gasteiger partial charge < -0.3 is 14.4 Å². The third kappa shape index (κ3) is 6.44. The predicted octanol–water partition coefficient (Wildman–Crippen LogP) is 1.22. The number of hydrazine groups is 1. The van der Waals surface area contributed by atoms with Gasteiger partial charge in [0.2, 0.25) is 0 Å². The number of halogens is 1. The first-order chi connectivity index (χ1) is 13.4. The van der Waals surface area contributed by atoms with Crippen LogP contribution in [0.25, 0.3) is 0 Å². The normalized spacial score (nSPS) is 11.4. The molecule has 0 saturated heterocycles. The Bertz CT molecular complexity index is 812. The van der Waals surface area contributed by atoms with Crippen LogP contribution in [0.1, 0.15) is 22.8 Å². The SMILES string of the molecule is CCOc1ccc(C[NH+](C)CC(=O)NNC(=O)c2ccc(Cl)cc2)cc1OC. The van der Waals surface area contributed by atoms with Gasteiger partial charge in [-0.1, -0.05) is 11.6 Å². The zero-order valence-corrected chi connectivity index (χ0v) is 16.9. The molecule has 28 heavy (non-hydrogen) atoms. The fraction of sp³-hybridized carbons (Fsp3) is 0.300. The van der Waals surface area contributed by atoms with Crippen LogP contribution in [-0.4, -0.2) is 39.1 Å². The third-order valence-electron chi connectivity index (χ3n) is 3.92. The summed E-state index contributed by atoms with van der Waals surface area (Å²) >= 11 is 5.79. The van der Waals surface area contributed by atoms with Crippen molar-refractivity contribution in [2.24, 2.45) is 0 Å². The topological polar surface area (TPSA) is 81.1 Å². The molecule has 2 rings (SSSR count). The first kappa shape index (κ1) is 21.5. The minimum absolute atomic E-state index is 0.191. The van der Waals surface area contributed by atoms with Crippen LogP contribution in [0.5, 0.6) is 11.5 Å². The summed E-state index contributed by atoms with van der Waals surface area (Å²) in [5, 5.41) is 0.539. The van der Waals surface area contributed by atoms with E-state index in [1.165, 1.54) is 0 Å². The molecule has 7 nitrogen and oxygen atoms in total. The molecule has 0 fully saturated rings. The van der Waals surface area contributed by atoms with Crippen LogP contribution in [0, 0.1) is 0 Å². The minimum Gasteiger partial charge on any atom is -0.493 e. The van der Waals surface area contributed by atoms with Gasteiger partial charge in [0.15, 0.2) is 18.0 Å². The number of ether oxygens (including phenoxy) is 2. The molecule has 8 heteroatoms. The smallest absolute Gasteiger partial charge is 0.293 e. The Balaban J connectivity index is 1.83. The lowest BCUT2D eigenvalue weighted by Gasteiger charge is -2.16. The summed E-state index contributed by atoms with van der Waals surface area (Å²) in [5.41, 5.74) is 6.24. The number of methoxy groups -OCH3 is 1. The van der Waals surface area contributed by atoms with Crippen LogP contribution in [0.4, 0.5) is 0 Å². The molecule has 2 aromatic carbocycles. The Morgan fingerprint density at radius 1 is 1.07 bits per heavy atom. The molecule has 0 aliphatic carbocycles. The summed E-state index contributed by atoms with van der Waals surface area (Å²) < 4.78 is 10.9. The zero-order chi connectivity index (χ0) is 20.5. The van der Waals surface area contributed by atoms with Crippen molar-refractivity contribution in [3.8, 4) is 11.5 Å². The van der Waals surface area contributed by atoms with Gasteiger partial charge in [0.25, 0.3) is 11.8 Å². The van der Waals surface area contributed by atoms with E-state index in [2.05, 4.69) is 10.9 Å². The van der Waals surface area contributed by atoms with Gasteiger partial charge >= 0.3 is 0 Å². The van der Waals surface area contributed by atoms with Crippen molar-refractivity contribution in [3.05, 3.63) is 58.6 Å². The van der Waals surface area contributed by atoms with Crippen LogP contribution in [-0.2, 0) is 11.3 Å². The number of quaternary nitrogens is 1. The molecule has 0 bridgehead atoms. The molecule has 0 saturated carbocycles. The number of benzene rings is 2. The number of carbonyl (C=O) groups is 2. The molecule has 0 heterocycles. The monoisotopic (exact) mass is 406 g/mol. The quantitative estimate of drug-likeness (QED) is 0.576. The second-order valence-electron chi connectivity index (χ2n) is 6.24. The second kappa shape index (κ2) is 10.5. The highest BCUT2D eigenvalue weighted by Crippen LogP contribution is 2.27. The molecule has 0 aliphatic heterocycles. The van der Waals surface area contributed by atoms with E-state index in [0.29, 0.717) is 35.2 Å². The van der Waals surface area contributed by atoms with Gasteiger partial charge in [-0.3, -0.25) is 20.4 Å². The molecule has 2 aromatic rings. The first-order valence-corrected chi connectivity index (χ1v) is 9.26. The summed E-state index contributed by atoms with van der Waals surface area (Å²) in [7, 11) is 3.48. The maximum atomic E-state index is 12.1. The van der Waals surface area contributed by atoms with E-state index in [0.717, 1.165) is 10.5 Å². The van der Waals surface area contributed by atoms with Gasteiger partial charge in [0.1, 0.15) is 6.54 Å². The zero-order valence-electron chi connectivity index (χ0n) is 16.2. The van der Waals surface area contributed by atoms with E-state index >= 15 is 0 Å². The van der Waals surface area contributed by atoms with Crippen LogP contribution in [0.15, 0.2) is 42.5 Å². The summed E-state index contributed by atoms with van der Waals surface area (Å²) in [6.07, 6.45) is 0. The van der Waals surface area contributed by atoms with Gasteiger partial charge in [-0.2, -0.15) is 0 Å². The van der Waals surface area contributed by atoms with Crippen molar-refractivity contribution in [2.45, 2.75) is 13.5 Å². The van der Waals surface area contributed by atoms with Crippen LogP contribution in [0.3, 0.4) is 0 Å². The molecule has 1 atom stereocenters. The Morgan fingerprint density at radius 3 is 2.43 bits per heavy atom. The molecule has 0 aliphatic rings. The first-order valence-electron chi connectivity index (χ1n) is 8.88. The van der Waals surface area contributed by atoms with Crippen molar-refractivity contribution in [1.29, 1.82) is 0 Å².